The summed E-state index contributed by atoms with van der Waals surface area (Å²) in [6, 6.07) is 15.6. The van der Waals surface area contributed by atoms with Crippen LogP contribution in [-0.4, -0.2) is 40.9 Å². The van der Waals surface area contributed by atoms with Crippen LogP contribution in [0, 0.1) is 29.5 Å². The minimum absolute atomic E-state index is 0.0741. The number of phenols is 1. The maximum absolute atomic E-state index is 15.3. The predicted octanol–water partition coefficient (Wildman–Crippen LogP) is 8.42. The molecule has 300 valence electrons. The third-order valence-electron chi connectivity index (χ3n) is 11.6. The van der Waals surface area contributed by atoms with Gasteiger partial charge in [-0.3, -0.25) is 24.6 Å². The number of aromatic hydroxyl groups is 1. The molecule has 0 spiro atoms. The fraction of sp³-hybridized carbons (Fsp3) is 0.268. The lowest BCUT2D eigenvalue weighted by molar-refractivity contribution is -0.143. The Bertz CT molecular complexity index is 2390. The number of hydrazine groups is 1. The molecule has 0 bridgehead atoms. The van der Waals surface area contributed by atoms with Crippen molar-refractivity contribution in [1.82, 2.24) is 5.01 Å². The molecule has 4 aliphatic rings. The van der Waals surface area contributed by atoms with Crippen LogP contribution in [0.5, 0.6) is 11.5 Å². The van der Waals surface area contributed by atoms with E-state index in [0.29, 0.717) is 33.2 Å². The Labute approximate surface area is 329 Å². The number of amides is 4. The summed E-state index contributed by atoms with van der Waals surface area (Å²) in [6.07, 6.45) is -9.40. The van der Waals surface area contributed by atoms with Crippen molar-refractivity contribution in [2.24, 2.45) is 23.7 Å². The third kappa shape index (κ3) is 5.98. The molecule has 0 unspecified atom stereocenters. The summed E-state index contributed by atoms with van der Waals surface area (Å²) in [5.41, 5.74) is -2.29. The number of anilines is 2. The number of nitrogens with zero attached hydrogens (tertiary/aromatic N) is 2. The first-order valence-electron chi connectivity index (χ1n) is 17.8. The van der Waals surface area contributed by atoms with Gasteiger partial charge in [0, 0.05) is 22.6 Å². The smallest absolute Gasteiger partial charge is 0.416 e. The van der Waals surface area contributed by atoms with Gasteiger partial charge >= 0.3 is 12.4 Å². The number of benzene rings is 4. The Balaban J connectivity index is 1.32. The number of phenolic OH excluding ortho intramolecular Hbond substituents is 1. The topological polar surface area (TPSA) is 116 Å². The Morgan fingerprint density at radius 2 is 1.45 bits per heavy atom. The Hall–Kier alpha value is -5.90. The zero-order valence-electron chi connectivity index (χ0n) is 29.9. The van der Waals surface area contributed by atoms with E-state index in [9.17, 15) is 50.2 Å². The molecule has 2 aliphatic carbocycles. The molecule has 0 radical (unpaired) electrons. The number of carbonyl (C=O) groups excluding carboxylic acids is 4. The van der Waals surface area contributed by atoms with E-state index in [1.54, 1.807) is 18.2 Å². The number of fused-ring (bicyclic) bond motifs is 4. The number of nitrogens with one attached hydrogen (secondary N) is 1. The summed E-state index contributed by atoms with van der Waals surface area (Å²) in [7, 11) is 1.31. The molecule has 6 atom stereocenters. The van der Waals surface area contributed by atoms with E-state index in [2.05, 4.69) is 5.43 Å². The number of rotatable bonds is 6. The van der Waals surface area contributed by atoms with Crippen molar-refractivity contribution in [3.8, 4) is 11.5 Å². The summed E-state index contributed by atoms with van der Waals surface area (Å²) >= 11 is 6.30. The third-order valence-corrected chi connectivity index (χ3v) is 11.9. The van der Waals surface area contributed by atoms with E-state index >= 15 is 4.79 Å². The van der Waals surface area contributed by atoms with Crippen molar-refractivity contribution >= 4 is 46.6 Å². The predicted molar refractivity (Wildman–Crippen MR) is 193 cm³/mol. The average molecular weight is 828 g/mol. The number of hydrogen-bond donors (Lipinski definition) is 2. The largest absolute Gasteiger partial charge is 0.508 e. The van der Waals surface area contributed by atoms with Crippen LogP contribution in [0.15, 0.2) is 96.6 Å². The normalized spacial score (nSPS) is 25.7. The van der Waals surface area contributed by atoms with Crippen molar-refractivity contribution in [2.45, 2.75) is 36.5 Å². The highest BCUT2D eigenvalue weighted by atomic mass is 35.5. The van der Waals surface area contributed by atoms with Gasteiger partial charge in [0.2, 0.25) is 11.8 Å². The summed E-state index contributed by atoms with van der Waals surface area (Å²) in [5, 5.41) is 11.6. The quantitative estimate of drug-likeness (QED) is 0.114. The second-order valence-electron chi connectivity index (χ2n) is 14.6. The van der Waals surface area contributed by atoms with E-state index in [0.717, 1.165) is 17.1 Å². The first kappa shape index (κ1) is 38.9. The van der Waals surface area contributed by atoms with Crippen molar-refractivity contribution in [1.29, 1.82) is 0 Å². The number of carbonyl (C=O) groups is 4. The van der Waals surface area contributed by atoms with Gasteiger partial charge in [-0.1, -0.05) is 41.4 Å². The first-order valence-corrected chi connectivity index (χ1v) is 18.1. The number of allylic oxidation sites excluding steroid dienone is 2. The lowest BCUT2D eigenvalue weighted by Gasteiger charge is -2.50. The molecule has 2 N–H and O–H groups in total. The number of imide groups is 2. The van der Waals surface area contributed by atoms with Gasteiger partial charge in [0.05, 0.1) is 52.8 Å². The average Bonchev–Trinajstić information content (AvgIpc) is 3.55. The van der Waals surface area contributed by atoms with Crippen molar-refractivity contribution in [3.05, 3.63) is 130 Å². The fourth-order valence-corrected chi connectivity index (χ4v) is 9.39. The van der Waals surface area contributed by atoms with Gasteiger partial charge < -0.3 is 9.84 Å². The highest BCUT2D eigenvalue weighted by molar-refractivity contribution is 6.30. The Morgan fingerprint density at radius 3 is 2.05 bits per heavy atom. The summed E-state index contributed by atoms with van der Waals surface area (Å²) < 4.78 is 103. The Kier molecular flexibility index (Phi) is 9.14. The maximum atomic E-state index is 15.3. The molecule has 1 saturated carbocycles. The SMILES string of the molecule is COc1cc(O)ccc1[C@H]1C2=CC[C@@H]3C(=O)N(c4cc(C(F)(F)F)cc(C(F)(F)F)c4)C(=O)[C@@H]3[C@@H]2C[C@H]2C(=O)N(Nc3ccc(F)cc3)C(=O)[C@@]12c1ccc(Cl)cc1. The first-order chi connectivity index (χ1) is 27.4. The molecule has 4 amide bonds. The van der Waals surface area contributed by atoms with Gasteiger partial charge in [0.25, 0.3) is 11.8 Å². The lowest BCUT2D eigenvalue weighted by atomic mass is 9.49. The second-order valence-corrected chi connectivity index (χ2v) is 15.0. The van der Waals surface area contributed by atoms with Crippen molar-refractivity contribution < 1.29 is 59.8 Å². The number of hydrogen-bond acceptors (Lipinski definition) is 7. The number of halogens is 8. The monoisotopic (exact) mass is 827 g/mol. The molecule has 9 nitrogen and oxygen atoms in total. The van der Waals surface area contributed by atoms with Gasteiger partial charge in [0.15, 0.2) is 0 Å². The molecular weight excluding hydrogens is 799 g/mol. The summed E-state index contributed by atoms with van der Waals surface area (Å²) in [5.74, 6) is -10.6. The van der Waals surface area contributed by atoms with Crippen LogP contribution < -0.4 is 15.1 Å². The molecule has 3 fully saturated rings. The molecule has 2 aliphatic heterocycles. The van der Waals surface area contributed by atoms with Gasteiger partial charge in [-0.25, -0.2) is 9.29 Å². The molecule has 2 heterocycles. The molecule has 58 heavy (non-hydrogen) atoms. The van der Waals surface area contributed by atoms with E-state index in [4.69, 9.17) is 16.3 Å². The number of methoxy groups -OCH3 is 1. The van der Waals surface area contributed by atoms with E-state index in [1.165, 1.54) is 49.6 Å². The van der Waals surface area contributed by atoms with Crippen LogP contribution in [0.4, 0.5) is 42.1 Å². The molecular formula is C41H29ClF7N3O6. The zero-order valence-corrected chi connectivity index (χ0v) is 30.6. The Morgan fingerprint density at radius 1 is 0.810 bits per heavy atom. The maximum Gasteiger partial charge on any atom is 0.416 e. The standard InChI is InChI=1S/C41H29ClF7N3O6/c1-58-32-17-26(53)10-11-28(32)34-27-12-13-29-33(37(56)51(35(29)54)25-15-20(40(44,45)46)14-21(16-25)41(47,48)49)30(27)18-31-36(55)52(50-24-8-6-23(43)7-9-24)38(57)39(31,34)19-2-4-22(42)5-3-19/h2-12,14-17,29-31,33-34,50,53H,13,18H2,1H3/t29-,30+,31-,33-,34+,39+/m0/s1. The zero-order chi connectivity index (χ0) is 41.6. The minimum atomic E-state index is -5.27. The van der Waals surface area contributed by atoms with E-state index in [1.807, 2.05) is 0 Å². The summed E-state index contributed by atoms with van der Waals surface area (Å²) in [4.78, 5) is 59.0. The van der Waals surface area contributed by atoms with E-state index < -0.39 is 93.6 Å². The molecule has 8 rings (SSSR count). The van der Waals surface area contributed by atoms with Crippen LogP contribution in [0.3, 0.4) is 0 Å². The highest BCUT2D eigenvalue weighted by Crippen LogP contribution is 2.65. The second kappa shape index (κ2) is 13.6. The highest BCUT2D eigenvalue weighted by Gasteiger charge is 2.70. The van der Waals surface area contributed by atoms with E-state index in [-0.39, 0.29) is 41.7 Å². The molecule has 4 aromatic rings. The van der Waals surface area contributed by atoms with Crippen molar-refractivity contribution in [2.75, 3.05) is 17.4 Å². The number of alkyl halides is 6. The van der Waals surface area contributed by atoms with Crippen molar-refractivity contribution in [3.63, 3.8) is 0 Å². The van der Waals surface area contributed by atoms with Gasteiger partial charge in [-0.05, 0) is 85.0 Å². The van der Waals surface area contributed by atoms with Gasteiger partial charge in [-0.2, -0.15) is 31.4 Å². The molecule has 17 heteroatoms. The van der Waals surface area contributed by atoms with Gasteiger partial charge in [-0.15, -0.1) is 0 Å². The van der Waals surface area contributed by atoms with Crippen LogP contribution in [0.1, 0.15) is 41.0 Å². The van der Waals surface area contributed by atoms with Crippen LogP contribution >= 0.6 is 11.6 Å². The summed E-state index contributed by atoms with van der Waals surface area (Å²) in [6.45, 7) is 0. The molecule has 2 saturated heterocycles. The molecule has 4 aromatic carbocycles. The van der Waals surface area contributed by atoms with Crippen LogP contribution in [-0.2, 0) is 36.9 Å². The molecule has 0 aromatic heterocycles. The van der Waals surface area contributed by atoms with Crippen LogP contribution in [0.25, 0.3) is 0 Å². The fourth-order valence-electron chi connectivity index (χ4n) is 9.26. The van der Waals surface area contributed by atoms with Crippen LogP contribution in [0.2, 0.25) is 5.02 Å². The number of ether oxygens (including phenoxy) is 1. The lowest BCUT2D eigenvalue weighted by Crippen LogP contribution is -2.53. The minimum Gasteiger partial charge on any atom is -0.508 e. The van der Waals surface area contributed by atoms with Gasteiger partial charge in [0.1, 0.15) is 17.3 Å².